The van der Waals surface area contributed by atoms with E-state index in [9.17, 15) is 9.59 Å². The number of halogens is 1. The molecule has 0 spiro atoms. The number of H-pyrrole nitrogens is 1. The van der Waals surface area contributed by atoms with Crippen LogP contribution in [0.4, 0.5) is 0 Å². The van der Waals surface area contributed by atoms with E-state index in [2.05, 4.69) is 10.3 Å². The number of aromatic nitrogens is 1. The average Bonchev–Trinajstić information content (AvgIpc) is 3.33. The van der Waals surface area contributed by atoms with Gasteiger partial charge in [0, 0.05) is 47.7 Å². The number of hydrogen-bond acceptors (Lipinski definition) is 2. The number of nitrogens with one attached hydrogen (secondary N) is 2. The molecule has 1 aliphatic heterocycles. The largest absolute Gasteiger partial charge is 0.361 e. The van der Waals surface area contributed by atoms with E-state index in [-0.39, 0.29) is 17.7 Å². The summed E-state index contributed by atoms with van der Waals surface area (Å²) in [7, 11) is 0. The highest BCUT2D eigenvalue weighted by molar-refractivity contribution is 6.31. The second-order valence-electron chi connectivity index (χ2n) is 7.48. The third-order valence-corrected chi connectivity index (χ3v) is 5.90. The van der Waals surface area contributed by atoms with E-state index in [1.807, 2.05) is 29.3 Å². The van der Waals surface area contributed by atoms with Crippen LogP contribution in [0.25, 0.3) is 10.9 Å². The molecule has 1 atom stereocenters. The van der Waals surface area contributed by atoms with Gasteiger partial charge in [-0.15, -0.1) is 0 Å². The lowest BCUT2D eigenvalue weighted by Crippen LogP contribution is -2.38. The van der Waals surface area contributed by atoms with Gasteiger partial charge in [-0.3, -0.25) is 9.59 Å². The molecule has 4 rings (SSSR count). The Bertz CT molecular complexity index is 826. The molecule has 0 bridgehead atoms. The fourth-order valence-corrected chi connectivity index (χ4v) is 4.34. The van der Waals surface area contributed by atoms with Gasteiger partial charge in [-0.1, -0.05) is 24.4 Å². The van der Waals surface area contributed by atoms with Gasteiger partial charge in [0.2, 0.25) is 11.8 Å². The highest BCUT2D eigenvalue weighted by Crippen LogP contribution is 2.25. The Labute approximate surface area is 158 Å². The SMILES string of the molecule is O=C(NC1CCCC1)C1CC(=O)N(CCc2c[nH]c3ccc(Cl)cc23)C1. The summed E-state index contributed by atoms with van der Waals surface area (Å²) in [6.07, 6.45) is 7.58. The lowest BCUT2D eigenvalue weighted by molar-refractivity contribution is -0.129. The monoisotopic (exact) mass is 373 g/mol. The van der Waals surface area contributed by atoms with Crippen molar-refractivity contribution >= 4 is 34.3 Å². The van der Waals surface area contributed by atoms with Crippen molar-refractivity contribution in [1.82, 2.24) is 15.2 Å². The maximum absolute atomic E-state index is 12.4. The molecule has 2 N–H and O–H groups in total. The Morgan fingerprint density at radius 2 is 2.12 bits per heavy atom. The molecule has 2 aliphatic rings. The topological polar surface area (TPSA) is 65.2 Å². The first kappa shape index (κ1) is 17.4. The van der Waals surface area contributed by atoms with Crippen LogP contribution in [0.15, 0.2) is 24.4 Å². The number of amides is 2. The third kappa shape index (κ3) is 3.58. The van der Waals surface area contributed by atoms with Crippen LogP contribution in [0, 0.1) is 5.92 Å². The number of carbonyl (C=O) groups is 2. The van der Waals surface area contributed by atoms with Gasteiger partial charge >= 0.3 is 0 Å². The van der Waals surface area contributed by atoms with Gasteiger partial charge in [-0.25, -0.2) is 0 Å². The predicted molar refractivity (Wildman–Crippen MR) is 102 cm³/mol. The second-order valence-corrected chi connectivity index (χ2v) is 7.92. The van der Waals surface area contributed by atoms with E-state index in [4.69, 9.17) is 11.6 Å². The molecule has 0 radical (unpaired) electrons. The minimum absolute atomic E-state index is 0.0478. The van der Waals surface area contributed by atoms with Gasteiger partial charge in [0.1, 0.15) is 0 Å². The highest BCUT2D eigenvalue weighted by atomic mass is 35.5. The quantitative estimate of drug-likeness (QED) is 0.844. The van der Waals surface area contributed by atoms with Crippen molar-refractivity contribution in [2.45, 2.75) is 44.6 Å². The molecule has 2 fully saturated rings. The van der Waals surface area contributed by atoms with Gasteiger partial charge in [-0.05, 0) is 43.0 Å². The molecule has 138 valence electrons. The lowest BCUT2D eigenvalue weighted by atomic mass is 10.1. The van der Waals surface area contributed by atoms with E-state index in [0.29, 0.717) is 30.6 Å². The molecule has 26 heavy (non-hydrogen) atoms. The van der Waals surface area contributed by atoms with E-state index in [1.165, 1.54) is 12.8 Å². The highest BCUT2D eigenvalue weighted by Gasteiger charge is 2.35. The Morgan fingerprint density at radius 1 is 1.31 bits per heavy atom. The number of likely N-dealkylation sites (tertiary alicyclic amines) is 1. The van der Waals surface area contributed by atoms with Gasteiger partial charge in [0.05, 0.1) is 5.92 Å². The van der Waals surface area contributed by atoms with Gasteiger partial charge in [0.15, 0.2) is 0 Å². The number of nitrogens with zero attached hydrogens (tertiary/aromatic N) is 1. The Balaban J connectivity index is 1.35. The molecule has 1 saturated carbocycles. The summed E-state index contributed by atoms with van der Waals surface area (Å²) in [6.45, 7) is 1.16. The van der Waals surface area contributed by atoms with E-state index in [1.54, 1.807) is 0 Å². The Kier molecular flexibility index (Phi) is 4.90. The molecule has 2 aromatic rings. The summed E-state index contributed by atoms with van der Waals surface area (Å²) in [5, 5.41) is 4.93. The zero-order chi connectivity index (χ0) is 18.1. The fraction of sp³-hybridized carbons (Fsp3) is 0.500. The first-order valence-corrected chi connectivity index (χ1v) is 9.81. The van der Waals surface area contributed by atoms with Crippen LogP contribution in [0.3, 0.4) is 0 Å². The van der Waals surface area contributed by atoms with Crippen LogP contribution in [0.2, 0.25) is 5.02 Å². The second kappa shape index (κ2) is 7.31. The normalized spacial score (nSPS) is 21.0. The number of hydrogen-bond donors (Lipinski definition) is 2. The molecule has 1 saturated heterocycles. The third-order valence-electron chi connectivity index (χ3n) is 5.67. The molecule has 1 aliphatic carbocycles. The summed E-state index contributed by atoms with van der Waals surface area (Å²) in [6, 6.07) is 6.09. The smallest absolute Gasteiger partial charge is 0.225 e. The van der Waals surface area contributed by atoms with Crippen LogP contribution in [0.1, 0.15) is 37.7 Å². The minimum atomic E-state index is -0.208. The maximum Gasteiger partial charge on any atom is 0.225 e. The van der Waals surface area contributed by atoms with Crippen molar-refractivity contribution in [2.75, 3.05) is 13.1 Å². The summed E-state index contributed by atoms with van der Waals surface area (Å²) in [4.78, 5) is 29.8. The first-order chi connectivity index (χ1) is 12.6. The summed E-state index contributed by atoms with van der Waals surface area (Å²) >= 11 is 6.10. The summed E-state index contributed by atoms with van der Waals surface area (Å²) in [5.74, 6) is -0.0819. The zero-order valence-corrected chi connectivity index (χ0v) is 15.5. The van der Waals surface area contributed by atoms with Crippen LogP contribution in [0.5, 0.6) is 0 Å². The van der Waals surface area contributed by atoms with Crippen molar-refractivity contribution in [1.29, 1.82) is 0 Å². The first-order valence-electron chi connectivity index (χ1n) is 9.44. The molecule has 1 unspecified atom stereocenters. The Morgan fingerprint density at radius 3 is 2.92 bits per heavy atom. The average molecular weight is 374 g/mol. The molecule has 1 aromatic carbocycles. The van der Waals surface area contributed by atoms with E-state index >= 15 is 0 Å². The van der Waals surface area contributed by atoms with Crippen molar-refractivity contribution < 1.29 is 9.59 Å². The van der Waals surface area contributed by atoms with Gasteiger partial charge < -0.3 is 15.2 Å². The molecule has 5 nitrogen and oxygen atoms in total. The van der Waals surface area contributed by atoms with Crippen LogP contribution in [-0.4, -0.2) is 40.8 Å². The van der Waals surface area contributed by atoms with Crippen molar-refractivity contribution in [2.24, 2.45) is 5.92 Å². The van der Waals surface area contributed by atoms with Gasteiger partial charge in [0.25, 0.3) is 0 Å². The Hall–Kier alpha value is -2.01. The predicted octanol–water partition coefficient (Wildman–Crippen LogP) is 3.27. The van der Waals surface area contributed by atoms with E-state index < -0.39 is 0 Å². The molecule has 2 amide bonds. The molecule has 2 heterocycles. The molecular weight excluding hydrogens is 350 g/mol. The molecule has 6 heteroatoms. The minimum Gasteiger partial charge on any atom is -0.361 e. The summed E-state index contributed by atoms with van der Waals surface area (Å²) < 4.78 is 0. The van der Waals surface area contributed by atoms with Crippen LogP contribution >= 0.6 is 11.6 Å². The zero-order valence-electron chi connectivity index (χ0n) is 14.8. The lowest BCUT2D eigenvalue weighted by Gasteiger charge is -2.18. The van der Waals surface area contributed by atoms with Crippen molar-refractivity contribution in [3.05, 3.63) is 35.0 Å². The van der Waals surface area contributed by atoms with Crippen LogP contribution in [-0.2, 0) is 16.0 Å². The van der Waals surface area contributed by atoms with Crippen molar-refractivity contribution in [3.8, 4) is 0 Å². The van der Waals surface area contributed by atoms with E-state index in [0.717, 1.165) is 35.7 Å². The van der Waals surface area contributed by atoms with Crippen molar-refractivity contribution in [3.63, 3.8) is 0 Å². The number of rotatable bonds is 5. The number of fused-ring (bicyclic) bond motifs is 1. The van der Waals surface area contributed by atoms with Gasteiger partial charge in [-0.2, -0.15) is 0 Å². The fourth-order valence-electron chi connectivity index (χ4n) is 4.17. The molecular formula is C20H24ClN3O2. The number of aromatic amines is 1. The molecule has 1 aromatic heterocycles. The standard InChI is InChI=1S/C20H24ClN3O2/c21-15-5-6-18-17(10-15)13(11-22-18)7-8-24-12-14(9-19(24)25)20(26)23-16-3-1-2-4-16/h5-6,10-11,14,16,22H,1-4,7-9,12H2,(H,23,26). The number of benzene rings is 1. The maximum atomic E-state index is 12.4. The summed E-state index contributed by atoms with van der Waals surface area (Å²) in [5.41, 5.74) is 2.19. The van der Waals surface area contributed by atoms with Crippen LogP contribution < -0.4 is 5.32 Å². The number of carbonyl (C=O) groups excluding carboxylic acids is 2.